The summed E-state index contributed by atoms with van der Waals surface area (Å²) in [5.41, 5.74) is 2.82. The molecule has 2 aromatic heterocycles. The molecule has 0 fully saturated rings. The van der Waals surface area contributed by atoms with E-state index in [-0.39, 0.29) is 11.9 Å². The number of H-pyrrole nitrogens is 1. The zero-order valence-corrected chi connectivity index (χ0v) is 14.0. The lowest BCUT2D eigenvalue weighted by atomic mass is 10.0. The van der Waals surface area contributed by atoms with Gasteiger partial charge < -0.3 is 9.84 Å². The molecule has 8 nitrogen and oxygen atoms in total. The summed E-state index contributed by atoms with van der Waals surface area (Å²) in [5.74, 6) is 0.832. The third-order valence-corrected chi connectivity index (χ3v) is 4.03. The predicted molar refractivity (Wildman–Crippen MR) is 93.3 cm³/mol. The summed E-state index contributed by atoms with van der Waals surface area (Å²) in [6.45, 7) is 1.76. The van der Waals surface area contributed by atoms with Gasteiger partial charge in [-0.3, -0.25) is 4.79 Å². The Balaban J connectivity index is 1.59. The minimum Gasteiger partial charge on any atom is -0.345 e. The highest BCUT2D eigenvalue weighted by Gasteiger charge is 2.19. The molecule has 2 heterocycles. The molecule has 0 aliphatic rings. The molecule has 0 radical (unpaired) electrons. The molecule has 1 amide bonds. The van der Waals surface area contributed by atoms with Crippen molar-refractivity contribution in [3.8, 4) is 0 Å². The quantitative estimate of drug-likeness (QED) is 0.573. The molecule has 1 atom stereocenters. The number of amides is 1. The van der Waals surface area contributed by atoms with Gasteiger partial charge in [0, 0.05) is 5.56 Å². The van der Waals surface area contributed by atoms with Gasteiger partial charge >= 0.3 is 0 Å². The Bertz CT molecular complexity index is 1040. The number of hydrogen-bond donors (Lipinski definition) is 2. The molecule has 26 heavy (non-hydrogen) atoms. The zero-order chi connectivity index (χ0) is 17.9. The van der Waals surface area contributed by atoms with Gasteiger partial charge in [-0.05, 0) is 30.7 Å². The fraction of sp³-hybridized carbons (Fsp3) is 0.167. The van der Waals surface area contributed by atoms with Gasteiger partial charge in [-0.25, -0.2) is 0 Å². The number of fused-ring (bicyclic) bond motifs is 1. The van der Waals surface area contributed by atoms with E-state index in [0.717, 1.165) is 5.56 Å². The monoisotopic (exact) mass is 348 g/mol. The number of hydrogen-bond acceptors (Lipinski definition) is 6. The summed E-state index contributed by atoms with van der Waals surface area (Å²) in [7, 11) is 0. The molecular weight excluding hydrogens is 332 g/mol. The van der Waals surface area contributed by atoms with Crippen LogP contribution < -0.4 is 5.32 Å². The van der Waals surface area contributed by atoms with Crippen LogP contribution in [-0.2, 0) is 6.42 Å². The summed E-state index contributed by atoms with van der Waals surface area (Å²) in [6, 6.07) is 14.6. The second-order valence-corrected chi connectivity index (χ2v) is 5.90. The summed E-state index contributed by atoms with van der Waals surface area (Å²) in [5, 5.41) is 17.4. The van der Waals surface area contributed by atoms with E-state index in [4.69, 9.17) is 4.52 Å². The van der Waals surface area contributed by atoms with Gasteiger partial charge in [0.05, 0.1) is 12.5 Å². The van der Waals surface area contributed by atoms with Gasteiger partial charge in [0.2, 0.25) is 5.89 Å². The molecule has 0 aliphatic heterocycles. The van der Waals surface area contributed by atoms with Crippen molar-refractivity contribution < 1.29 is 9.32 Å². The van der Waals surface area contributed by atoms with Crippen molar-refractivity contribution in [3.05, 3.63) is 71.4 Å². The van der Waals surface area contributed by atoms with Crippen LogP contribution in [0.1, 0.15) is 33.7 Å². The number of aryl methyl sites for hydroxylation is 1. The first-order valence-electron chi connectivity index (χ1n) is 8.14. The molecule has 2 N–H and O–H groups in total. The number of nitrogens with one attached hydrogen (secondary N) is 2. The maximum absolute atomic E-state index is 12.8. The van der Waals surface area contributed by atoms with E-state index in [1.807, 2.05) is 30.3 Å². The third-order valence-electron chi connectivity index (χ3n) is 4.03. The van der Waals surface area contributed by atoms with Crippen molar-refractivity contribution in [3.63, 3.8) is 0 Å². The first kappa shape index (κ1) is 15.9. The first-order chi connectivity index (χ1) is 12.7. The largest absolute Gasteiger partial charge is 0.345 e. The van der Waals surface area contributed by atoms with Crippen molar-refractivity contribution in [1.29, 1.82) is 0 Å². The molecule has 8 heteroatoms. The highest BCUT2D eigenvalue weighted by atomic mass is 16.5. The molecule has 0 saturated carbocycles. The van der Waals surface area contributed by atoms with Gasteiger partial charge in [-0.2, -0.15) is 20.4 Å². The topological polar surface area (TPSA) is 110 Å². The van der Waals surface area contributed by atoms with Crippen LogP contribution in [0, 0.1) is 6.92 Å². The van der Waals surface area contributed by atoms with Gasteiger partial charge in [0.15, 0.2) is 5.82 Å². The summed E-state index contributed by atoms with van der Waals surface area (Å²) in [4.78, 5) is 17.0. The number of aromatic amines is 1. The highest BCUT2D eigenvalue weighted by Crippen LogP contribution is 2.19. The van der Waals surface area contributed by atoms with Crippen molar-refractivity contribution >= 4 is 16.9 Å². The lowest BCUT2D eigenvalue weighted by Crippen LogP contribution is -2.30. The molecule has 2 aromatic carbocycles. The maximum Gasteiger partial charge on any atom is 0.251 e. The van der Waals surface area contributed by atoms with Crippen molar-refractivity contribution in [2.75, 3.05) is 0 Å². The number of nitrogens with zero attached hydrogens (tertiary/aromatic N) is 4. The van der Waals surface area contributed by atoms with Crippen LogP contribution >= 0.6 is 0 Å². The van der Waals surface area contributed by atoms with Crippen LogP contribution in [0.5, 0.6) is 0 Å². The normalized spacial score (nSPS) is 12.2. The molecule has 0 unspecified atom stereocenters. The smallest absolute Gasteiger partial charge is 0.251 e. The number of carbonyl (C=O) groups excluding carboxylic acids is 1. The Morgan fingerprint density at radius 1 is 1.15 bits per heavy atom. The second-order valence-electron chi connectivity index (χ2n) is 5.90. The molecular formula is C18H16N6O2. The lowest BCUT2D eigenvalue weighted by Gasteiger charge is -2.17. The van der Waals surface area contributed by atoms with Crippen molar-refractivity contribution in [1.82, 2.24) is 30.9 Å². The number of carbonyl (C=O) groups is 1. The minimum absolute atomic E-state index is 0.208. The molecule has 0 bridgehead atoms. The van der Waals surface area contributed by atoms with Gasteiger partial charge in [0.25, 0.3) is 5.91 Å². The van der Waals surface area contributed by atoms with E-state index in [9.17, 15) is 4.79 Å². The van der Waals surface area contributed by atoms with E-state index in [1.54, 1.807) is 25.1 Å². The van der Waals surface area contributed by atoms with E-state index in [0.29, 0.717) is 34.7 Å². The van der Waals surface area contributed by atoms with Gasteiger partial charge in [0.1, 0.15) is 11.0 Å². The summed E-state index contributed by atoms with van der Waals surface area (Å²) >= 11 is 0. The van der Waals surface area contributed by atoms with Crippen LogP contribution in [0.25, 0.3) is 11.0 Å². The predicted octanol–water partition coefficient (Wildman–Crippen LogP) is 2.36. The van der Waals surface area contributed by atoms with Gasteiger partial charge in [-0.15, -0.1) is 0 Å². The standard InChI is InChI=1S/C18H16N6O2/c1-11-19-17(26-23-11)10-15(12-5-3-2-4-6-12)20-18(25)13-7-8-14-16(9-13)22-24-21-14/h2-9,15H,10H2,1H3,(H,20,25)(H,21,22,24)/t15-/m0/s1. The Morgan fingerprint density at radius 3 is 2.73 bits per heavy atom. The Hall–Kier alpha value is -3.55. The van der Waals surface area contributed by atoms with Crippen LogP contribution in [0.4, 0.5) is 0 Å². The van der Waals surface area contributed by atoms with Crippen molar-refractivity contribution in [2.24, 2.45) is 0 Å². The van der Waals surface area contributed by atoms with Crippen LogP contribution in [0.15, 0.2) is 53.1 Å². The Labute approximate surface area is 148 Å². The third kappa shape index (κ3) is 3.30. The Kier molecular flexibility index (Phi) is 4.14. The van der Waals surface area contributed by atoms with E-state index in [2.05, 4.69) is 30.9 Å². The molecule has 4 rings (SSSR count). The minimum atomic E-state index is -0.295. The Morgan fingerprint density at radius 2 is 1.96 bits per heavy atom. The number of rotatable bonds is 5. The van der Waals surface area contributed by atoms with Gasteiger partial charge in [-0.1, -0.05) is 35.5 Å². The first-order valence-corrected chi connectivity index (χ1v) is 8.14. The average Bonchev–Trinajstić information content (AvgIpc) is 3.29. The average molecular weight is 348 g/mol. The number of benzene rings is 2. The maximum atomic E-state index is 12.8. The molecule has 0 aliphatic carbocycles. The zero-order valence-electron chi connectivity index (χ0n) is 14.0. The summed E-state index contributed by atoms with van der Waals surface area (Å²) in [6.07, 6.45) is 0.406. The summed E-state index contributed by atoms with van der Waals surface area (Å²) < 4.78 is 5.22. The lowest BCUT2D eigenvalue weighted by molar-refractivity contribution is 0.0935. The van der Waals surface area contributed by atoms with Crippen LogP contribution in [0.3, 0.4) is 0 Å². The molecule has 4 aromatic rings. The highest BCUT2D eigenvalue weighted by molar-refractivity contribution is 5.97. The van der Waals surface area contributed by atoms with E-state index in [1.165, 1.54) is 0 Å². The fourth-order valence-electron chi connectivity index (χ4n) is 2.76. The second kappa shape index (κ2) is 6.75. The van der Waals surface area contributed by atoms with E-state index >= 15 is 0 Å². The molecule has 130 valence electrons. The fourth-order valence-corrected chi connectivity index (χ4v) is 2.76. The molecule has 0 saturated heterocycles. The van der Waals surface area contributed by atoms with Crippen molar-refractivity contribution in [2.45, 2.75) is 19.4 Å². The number of aromatic nitrogens is 5. The van der Waals surface area contributed by atoms with Crippen LogP contribution in [0.2, 0.25) is 0 Å². The van der Waals surface area contributed by atoms with Crippen LogP contribution in [-0.4, -0.2) is 31.5 Å². The SMILES string of the molecule is Cc1noc(C[C@H](NC(=O)c2ccc3n[nH]nc3c2)c2ccccc2)n1. The molecule has 0 spiro atoms. The van der Waals surface area contributed by atoms with E-state index < -0.39 is 0 Å².